The molecular weight excluding hydrogens is 158 g/mol. The fourth-order valence-corrected chi connectivity index (χ4v) is 3.03. The highest BCUT2D eigenvalue weighted by molar-refractivity contribution is 5.02. The lowest BCUT2D eigenvalue weighted by molar-refractivity contribution is 0.0374. The topological polar surface area (TPSA) is 12.0 Å². The van der Waals surface area contributed by atoms with Crippen LogP contribution in [0.3, 0.4) is 0 Å². The minimum atomic E-state index is 0.563. The maximum Gasteiger partial charge on any atom is 0.0182 e. The Morgan fingerprint density at radius 3 is 2.00 bits per heavy atom. The molecule has 3 rings (SSSR count). The fourth-order valence-electron chi connectivity index (χ4n) is 3.03. The zero-order chi connectivity index (χ0) is 9.36. The van der Waals surface area contributed by atoms with E-state index in [1.165, 1.54) is 51.5 Å². The number of hydrogen-bond acceptors (Lipinski definition) is 1. The summed E-state index contributed by atoms with van der Waals surface area (Å²) >= 11 is 0. The van der Waals surface area contributed by atoms with E-state index in [4.69, 9.17) is 0 Å². The van der Waals surface area contributed by atoms with E-state index < -0.39 is 0 Å². The molecule has 0 radical (unpaired) electrons. The first kappa shape index (κ1) is 9.51. The standard InChI is InChI=1S/C12H23N/c1-3-10-13-12-7-4-11(2,5-8-12)6-9-12/h13H,3-10H2,1-2H3. The molecule has 0 spiro atoms. The van der Waals surface area contributed by atoms with E-state index in [1.54, 1.807) is 0 Å². The zero-order valence-electron chi connectivity index (χ0n) is 9.16. The maximum absolute atomic E-state index is 3.79. The summed E-state index contributed by atoms with van der Waals surface area (Å²) in [4.78, 5) is 0. The minimum Gasteiger partial charge on any atom is -0.311 e. The van der Waals surface area contributed by atoms with E-state index in [9.17, 15) is 0 Å². The lowest BCUT2D eigenvalue weighted by Gasteiger charge is -2.52. The largest absolute Gasteiger partial charge is 0.311 e. The van der Waals surface area contributed by atoms with Gasteiger partial charge in [0.25, 0.3) is 0 Å². The second kappa shape index (κ2) is 3.27. The first-order valence-electron chi connectivity index (χ1n) is 5.93. The molecule has 1 heteroatoms. The van der Waals surface area contributed by atoms with E-state index >= 15 is 0 Å². The molecule has 0 aromatic heterocycles. The third-order valence-corrected chi connectivity index (χ3v) is 4.37. The summed E-state index contributed by atoms with van der Waals surface area (Å²) in [5.41, 5.74) is 1.28. The summed E-state index contributed by atoms with van der Waals surface area (Å²) in [5, 5.41) is 3.79. The van der Waals surface area contributed by atoms with Crippen LogP contribution in [0.2, 0.25) is 0 Å². The van der Waals surface area contributed by atoms with Gasteiger partial charge in [0.2, 0.25) is 0 Å². The molecule has 3 aliphatic rings. The zero-order valence-corrected chi connectivity index (χ0v) is 9.16. The van der Waals surface area contributed by atoms with Crippen molar-refractivity contribution in [3.05, 3.63) is 0 Å². The molecule has 3 fully saturated rings. The van der Waals surface area contributed by atoms with Crippen molar-refractivity contribution < 1.29 is 0 Å². The van der Waals surface area contributed by atoms with Gasteiger partial charge in [0.15, 0.2) is 0 Å². The van der Waals surface area contributed by atoms with Crippen LogP contribution >= 0.6 is 0 Å². The molecule has 0 aromatic carbocycles. The van der Waals surface area contributed by atoms with Gasteiger partial charge in [0, 0.05) is 5.54 Å². The second-order valence-corrected chi connectivity index (χ2v) is 5.52. The SMILES string of the molecule is CCCNC12CCC(C)(CC1)CC2. The lowest BCUT2D eigenvalue weighted by atomic mass is 9.58. The number of fused-ring (bicyclic) bond motifs is 3. The molecule has 3 saturated carbocycles. The van der Waals surface area contributed by atoms with Gasteiger partial charge in [-0.3, -0.25) is 0 Å². The molecule has 0 heterocycles. The highest BCUT2D eigenvalue weighted by atomic mass is 15.0. The lowest BCUT2D eigenvalue weighted by Crippen LogP contribution is -2.54. The van der Waals surface area contributed by atoms with Crippen molar-refractivity contribution in [3.63, 3.8) is 0 Å². The number of nitrogens with one attached hydrogen (secondary N) is 1. The molecular formula is C12H23N. The van der Waals surface area contributed by atoms with Crippen molar-refractivity contribution in [2.24, 2.45) is 5.41 Å². The summed E-state index contributed by atoms with van der Waals surface area (Å²) in [6, 6.07) is 0. The summed E-state index contributed by atoms with van der Waals surface area (Å²) in [6.45, 7) is 5.96. The molecule has 3 aliphatic carbocycles. The Morgan fingerprint density at radius 1 is 1.00 bits per heavy atom. The molecule has 0 atom stereocenters. The van der Waals surface area contributed by atoms with E-state index in [-0.39, 0.29) is 0 Å². The minimum absolute atomic E-state index is 0.563. The van der Waals surface area contributed by atoms with E-state index in [0.717, 1.165) is 5.41 Å². The van der Waals surface area contributed by atoms with Crippen LogP contribution in [-0.4, -0.2) is 12.1 Å². The van der Waals surface area contributed by atoms with Gasteiger partial charge in [-0.2, -0.15) is 0 Å². The first-order chi connectivity index (χ1) is 6.18. The Hall–Kier alpha value is -0.0400. The summed E-state index contributed by atoms with van der Waals surface area (Å²) in [5.74, 6) is 0. The third kappa shape index (κ3) is 1.76. The van der Waals surface area contributed by atoms with Crippen LogP contribution in [-0.2, 0) is 0 Å². The van der Waals surface area contributed by atoms with Gasteiger partial charge in [-0.1, -0.05) is 13.8 Å². The summed E-state index contributed by atoms with van der Waals surface area (Å²) in [6.07, 6.45) is 9.96. The van der Waals surface area contributed by atoms with Crippen LogP contribution in [0.15, 0.2) is 0 Å². The second-order valence-electron chi connectivity index (χ2n) is 5.52. The molecule has 2 bridgehead atoms. The van der Waals surface area contributed by atoms with Crippen molar-refractivity contribution in [3.8, 4) is 0 Å². The van der Waals surface area contributed by atoms with Crippen LogP contribution in [0.5, 0.6) is 0 Å². The Balaban J connectivity index is 1.95. The fraction of sp³-hybridized carbons (Fsp3) is 1.00. The van der Waals surface area contributed by atoms with E-state index in [0.29, 0.717) is 5.54 Å². The predicted octanol–water partition coefficient (Wildman–Crippen LogP) is 3.10. The van der Waals surface area contributed by atoms with Gasteiger partial charge in [-0.05, 0) is 56.9 Å². The first-order valence-corrected chi connectivity index (χ1v) is 5.93. The normalized spacial score (nSPS) is 43.8. The molecule has 13 heavy (non-hydrogen) atoms. The van der Waals surface area contributed by atoms with Crippen molar-refractivity contribution in [2.75, 3.05) is 6.54 Å². The van der Waals surface area contributed by atoms with Crippen LogP contribution in [0.25, 0.3) is 0 Å². The predicted molar refractivity (Wildman–Crippen MR) is 56.8 cm³/mol. The molecule has 1 nitrogen and oxygen atoms in total. The van der Waals surface area contributed by atoms with E-state index in [2.05, 4.69) is 19.2 Å². The number of rotatable bonds is 3. The molecule has 0 aromatic rings. The molecule has 0 unspecified atom stereocenters. The van der Waals surface area contributed by atoms with Gasteiger partial charge in [-0.25, -0.2) is 0 Å². The Bertz CT molecular complexity index is 155. The van der Waals surface area contributed by atoms with Crippen molar-refractivity contribution in [2.45, 2.75) is 64.3 Å². The average molecular weight is 181 g/mol. The molecule has 76 valence electrons. The van der Waals surface area contributed by atoms with Crippen molar-refractivity contribution in [1.29, 1.82) is 0 Å². The van der Waals surface area contributed by atoms with Crippen LogP contribution in [0.1, 0.15) is 58.8 Å². The molecule has 0 saturated heterocycles. The van der Waals surface area contributed by atoms with Crippen molar-refractivity contribution in [1.82, 2.24) is 5.32 Å². The maximum atomic E-state index is 3.79. The Morgan fingerprint density at radius 2 is 1.54 bits per heavy atom. The third-order valence-electron chi connectivity index (χ3n) is 4.37. The van der Waals surface area contributed by atoms with Gasteiger partial charge in [-0.15, -0.1) is 0 Å². The van der Waals surface area contributed by atoms with E-state index in [1.807, 2.05) is 0 Å². The summed E-state index contributed by atoms with van der Waals surface area (Å²) < 4.78 is 0. The van der Waals surface area contributed by atoms with Crippen molar-refractivity contribution >= 4 is 0 Å². The van der Waals surface area contributed by atoms with Gasteiger partial charge in [0.05, 0.1) is 0 Å². The molecule has 0 amide bonds. The molecule has 1 N–H and O–H groups in total. The van der Waals surface area contributed by atoms with Gasteiger partial charge in [0.1, 0.15) is 0 Å². The van der Waals surface area contributed by atoms with Gasteiger partial charge >= 0.3 is 0 Å². The smallest absolute Gasteiger partial charge is 0.0182 e. The quantitative estimate of drug-likeness (QED) is 0.705. The Labute approximate surface area is 82.3 Å². The summed E-state index contributed by atoms with van der Waals surface area (Å²) in [7, 11) is 0. The Kier molecular flexibility index (Phi) is 2.39. The monoisotopic (exact) mass is 181 g/mol. The van der Waals surface area contributed by atoms with Crippen LogP contribution in [0.4, 0.5) is 0 Å². The van der Waals surface area contributed by atoms with Crippen LogP contribution in [0, 0.1) is 5.41 Å². The van der Waals surface area contributed by atoms with Crippen LogP contribution < -0.4 is 5.32 Å². The highest BCUT2D eigenvalue weighted by Crippen LogP contribution is 2.51. The molecule has 0 aliphatic heterocycles. The highest BCUT2D eigenvalue weighted by Gasteiger charge is 2.45. The average Bonchev–Trinajstić information content (AvgIpc) is 2.18. The number of hydrogen-bond donors (Lipinski definition) is 1. The van der Waals surface area contributed by atoms with Gasteiger partial charge < -0.3 is 5.32 Å².